The first kappa shape index (κ1) is 14.9. The SMILES string of the molecule is C[CH2][Al][CH2]C.[SiH3]OCCc1ccccc1. The van der Waals surface area contributed by atoms with Gasteiger partial charge >= 0.3 is 0 Å². The first-order valence-corrected chi connectivity index (χ1v) is 8.14. The lowest BCUT2D eigenvalue weighted by atomic mass is 10.2. The molecule has 0 spiro atoms. The molecule has 1 aromatic carbocycles. The second-order valence-electron chi connectivity index (χ2n) is 3.33. The van der Waals surface area contributed by atoms with Crippen molar-refractivity contribution in [2.75, 3.05) is 6.61 Å². The number of benzene rings is 1. The molecule has 0 aromatic heterocycles. The Morgan fingerprint density at radius 3 is 2.13 bits per heavy atom. The van der Waals surface area contributed by atoms with Gasteiger partial charge < -0.3 is 4.43 Å². The highest BCUT2D eigenvalue weighted by Crippen LogP contribution is 1.98. The molecule has 0 saturated heterocycles. The third-order valence-electron chi connectivity index (χ3n) is 2.02. The summed E-state index contributed by atoms with van der Waals surface area (Å²) in [4.78, 5) is 0. The third kappa shape index (κ3) is 10.2. The monoisotopic (exact) mass is 237 g/mol. The van der Waals surface area contributed by atoms with E-state index < -0.39 is 0 Å². The van der Waals surface area contributed by atoms with Crippen LogP contribution < -0.4 is 0 Å². The van der Waals surface area contributed by atoms with Crippen LogP contribution in [0.15, 0.2) is 30.3 Å². The Morgan fingerprint density at radius 1 is 1.13 bits per heavy atom. The van der Waals surface area contributed by atoms with Crippen LogP contribution in [0.1, 0.15) is 19.4 Å². The van der Waals surface area contributed by atoms with Gasteiger partial charge in [0.25, 0.3) is 0 Å². The van der Waals surface area contributed by atoms with Crippen LogP contribution in [-0.2, 0) is 10.8 Å². The number of hydrogen-bond acceptors (Lipinski definition) is 1. The van der Waals surface area contributed by atoms with E-state index in [1.54, 1.807) is 0 Å². The Bertz CT molecular complexity index is 214. The van der Waals surface area contributed by atoms with Crippen molar-refractivity contribution < 1.29 is 4.43 Å². The zero-order valence-electron chi connectivity index (χ0n) is 10.2. The Hall–Kier alpha value is -0.0706. The molecule has 1 rings (SSSR count). The molecule has 0 bridgehead atoms. The molecule has 0 aliphatic rings. The van der Waals surface area contributed by atoms with Crippen molar-refractivity contribution in [2.45, 2.75) is 30.8 Å². The predicted octanol–water partition coefficient (Wildman–Crippen LogP) is 2.09. The Balaban J connectivity index is 0.000000336. The highest BCUT2D eigenvalue weighted by atomic mass is 28.2. The molecule has 0 saturated carbocycles. The van der Waals surface area contributed by atoms with Crippen LogP contribution in [0.4, 0.5) is 0 Å². The molecule has 3 heteroatoms. The molecule has 0 atom stereocenters. The van der Waals surface area contributed by atoms with Crippen molar-refractivity contribution in [1.29, 1.82) is 0 Å². The molecule has 0 amide bonds. The fourth-order valence-corrected chi connectivity index (χ4v) is 1.93. The van der Waals surface area contributed by atoms with Crippen molar-refractivity contribution >= 4 is 25.7 Å². The summed E-state index contributed by atoms with van der Waals surface area (Å²) in [5.74, 6) is 0. The van der Waals surface area contributed by atoms with Crippen molar-refractivity contribution in [1.82, 2.24) is 0 Å². The van der Waals surface area contributed by atoms with E-state index in [1.165, 1.54) is 16.1 Å². The summed E-state index contributed by atoms with van der Waals surface area (Å²) in [7, 11) is 0.850. The van der Waals surface area contributed by atoms with Gasteiger partial charge in [-0.05, 0) is 12.0 Å². The van der Waals surface area contributed by atoms with E-state index in [4.69, 9.17) is 4.43 Å². The molecule has 15 heavy (non-hydrogen) atoms. The van der Waals surface area contributed by atoms with Crippen LogP contribution in [-0.4, -0.2) is 32.3 Å². The number of hydrogen-bond donors (Lipinski definition) is 0. The van der Waals surface area contributed by atoms with Gasteiger partial charge in [0.15, 0.2) is 15.2 Å². The van der Waals surface area contributed by atoms with E-state index in [1.807, 2.05) is 6.07 Å². The second kappa shape index (κ2) is 12.0. The molecule has 0 N–H and O–H groups in total. The molecule has 0 aliphatic heterocycles. The molecule has 0 aliphatic carbocycles. The first-order chi connectivity index (χ1) is 7.35. The van der Waals surface area contributed by atoms with Crippen molar-refractivity contribution in [2.24, 2.45) is 0 Å². The van der Waals surface area contributed by atoms with Crippen LogP contribution in [0.25, 0.3) is 0 Å². The normalized spacial score (nSPS) is 9.20. The fourth-order valence-electron chi connectivity index (χ4n) is 1.15. The van der Waals surface area contributed by atoms with Gasteiger partial charge in [0.2, 0.25) is 0 Å². The summed E-state index contributed by atoms with van der Waals surface area (Å²) in [6.07, 6.45) is 1.05. The standard InChI is InChI=1S/C8H12OSi.2C2H5.Al/c10-9-7-6-8-4-2-1-3-5-8;2*1-2;/h1-5H,6-7H2,10H3;2*1H2,2H3;. The largest absolute Gasteiger partial charge is 0.428 e. The highest BCUT2D eigenvalue weighted by Gasteiger charge is 1.87. The first-order valence-electron chi connectivity index (χ1n) is 5.69. The average molecular weight is 237 g/mol. The van der Waals surface area contributed by atoms with Crippen molar-refractivity contribution in [3.63, 3.8) is 0 Å². The summed E-state index contributed by atoms with van der Waals surface area (Å²) in [5, 5.41) is 2.85. The van der Waals surface area contributed by atoms with Crippen molar-refractivity contribution in [3.8, 4) is 0 Å². The Morgan fingerprint density at radius 2 is 1.73 bits per heavy atom. The van der Waals surface area contributed by atoms with Gasteiger partial charge in [0, 0.05) is 6.61 Å². The van der Waals surface area contributed by atoms with Crippen LogP contribution >= 0.6 is 0 Å². The van der Waals surface area contributed by atoms with Gasteiger partial charge in [-0.2, -0.15) is 0 Å². The van der Waals surface area contributed by atoms with E-state index in [9.17, 15) is 0 Å². The summed E-state index contributed by atoms with van der Waals surface area (Å²) >= 11 is 0.815. The quantitative estimate of drug-likeness (QED) is 0.713. The highest BCUT2D eigenvalue weighted by molar-refractivity contribution is 6.34. The van der Waals surface area contributed by atoms with E-state index in [2.05, 4.69) is 38.1 Å². The molecule has 1 aromatic rings. The van der Waals surface area contributed by atoms with Crippen molar-refractivity contribution in [3.05, 3.63) is 35.9 Å². The molecular weight excluding hydrogens is 215 g/mol. The zero-order chi connectivity index (χ0) is 11.4. The maximum atomic E-state index is 5.08. The van der Waals surface area contributed by atoms with Crippen LogP contribution in [0.2, 0.25) is 10.6 Å². The topological polar surface area (TPSA) is 9.23 Å². The number of rotatable bonds is 5. The van der Waals surface area contributed by atoms with Crippen LogP contribution in [0.5, 0.6) is 0 Å². The molecule has 1 radical (unpaired) electrons. The van der Waals surface area contributed by atoms with Crippen LogP contribution in [0, 0.1) is 0 Å². The lowest BCUT2D eigenvalue weighted by molar-refractivity contribution is 0.354. The minimum atomic E-state index is 0.815. The Labute approximate surface area is 103 Å². The third-order valence-corrected chi connectivity index (χ3v) is 3.58. The van der Waals surface area contributed by atoms with E-state index in [0.717, 1.165) is 38.7 Å². The predicted molar refractivity (Wildman–Crippen MR) is 72.8 cm³/mol. The molecule has 1 nitrogen and oxygen atoms in total. The smallest absolute Gasteiger partial charge is 0.198 e. The summed E-state index contributed by atoms with van der Waals surface area (Å²) in [5.41, 5.74) is 1.36. The van der Waals surface area contributed by atoms with Gasteiger partial charge in [0.05, 0.1) is 0 Å². The second-order valence-corrected chi connectivity index (χ2v) is 6.12. The molecule has 0 heterocycles. The Kier molecular flexibility index (Phi) is 11.9. The molecule has 83 valence electrons. The fraction of sp³-hybridized carbons (Fsp3) is 0.500. The lowest BCUT2D eigenvalue weighted by Crippen LogP contribution is -1.94. The van der Waals surface area contributed by atoms with Gasteiger partial charge in [-0.25, -0.2) is 0 Å². The lowest BCUT2D eigenvalue weighted by Gasteiger charge is -1.97. The molecular formula is C12H22AlOSi. The van der Waals surface area contributed by atoms with E-state index >= 15 is 0 Å². The maximum absolute atomic E-state index is 5.08. The summed E-state index contributed by atoms with van der Waals surface area (Å²) < 4.78 is 5.08. The van der Waals surface area contributed by atoms with Gasteiger partial charge in [-0.15, -0.1) is 10.6 Å². The zero-order valence-corrected chi connectivity index (χ0v) is 13.4. The summed E-state index contributed by atoms with van der Waals surface area (Å²) in [6.45, 7) is 5.37. The molecule has 0 unspecified atom stereocenters. The van der Waals surface area contributed by atoms with Gasteiger partial charge in [0.1, 0.15) is 10.5 Å². The molecule has 0 fully saturated rings. The van der Waals surface area contributed by atoms with E-state index in [0.29, 0.717) is 0 Å². The van der Waals surface area contributed by atoms with Crippen LogP contribution in [0.3, 0.4) is 0 Å². The maximum Gasteiger partial charge on any atom is 0.198 e. The van der Waals surface area contributed by atoms with Gasteiger partial charge in [-0.1, -0.05) is 44.2 Å². The van der Waals surface area contributed by atoms with E-state index in [-0.39, 0.29) is 0 Å². The average Bonchev–Trinajstić information content (AvgIpc) is 2.30. The minimum Gasteiger partial charge on any atom is -0.428 e. The minimum absolute atomic E-state index is 0.815. The summed E-state index contributed by atoms with van der Waals surface area (Å²) in [6, 6.07) is 10.4. The van der Waals surface area contributed by atoms with Gasteiger partial charge in [-0.3, -0.25) is 0 Å².